The summed E-state index contributed by atoms with van der Waals surface area (Å²) in [5.41, 5.74) is -0.215. The number of carbonyl (C=O) groups is 2. The van der Waals surface area contributed by atoms with Gasteiger partial charge in [0.1, 0.15) is 0 Å². The minimum Gasteiger partial charge on any atom is -0.370 e. The maximum Gasteiger partial charge on any atom is 0.324 e. The van der Waals surface area contributed by atoms with Crippen molar-refractivity contribution in [2.75, 3.05) is 13.7 Å². The van der Waals surface area contributed by atoms with E-state index in [4.69, 9.17) is 4.74 Å². The van der Waals surface area contributed by atoms with Crippen LogP contribution in [-0.4, -0.2) is 42.1 Å². The van der Waals surface area contributed by atoms with E-state index in [1.54, 1.807) is 4.90 Å². The highest BCUT2D eigenvalue weighted by Crippen LogP contribution is 2.58. The number of imide groups is 1. The number of nitrogens with zero attached hydrogens (tertiary/aromatic N) is 1. The van der Waals surface area contributed by atoms with Gasteiger partial charge in [0.15, 0.2) is 6.10 Å². The van der Waals surface area contributed by atoms with Crippen LogP contribution >= 0.6 is 0 Å². The van der Waals surface area contributed by atoms with Gasteiger partial charge >= 0.3 is 6.03 Å². The van der Waals surface area contributed by atoms with Gasteiger partial charge in [0.25, 0.3) is 5.91 Å². The maximum absolute atomic E-state index is 12.6. The fraction of sp³-hybridized carbons (Fsp3) is 0.867. The number of carbonyl (C=O) groups excluding carboxylic acids is 2. The molecule has 0 radical (unpaired) electrons. The van der Waals surface area contributed by atoms with E-state index in [0.717, 1.165) is 19.3 Å². The lowest BCUT2D eigenvalue weighted by atomic mass is 9.52. The number of hydrogen-bond acceptors (Lipinski definition) is 3. The summed E-state index contributed by atoms with van der Waals surface area (Å²) in [7, 11) is 1.54. The molecule has 20 heavy (non-hydrogen) atoms. The normalized spacial score (nSPS) is 46.8. The molecule has 0 aromatic heterocycles. The molecule has 110 valence electrons. The largest absolute Gasteiger partial charge is 0.370 e. The van der Waals surface area contributed by atoms with Crippen LogP contribution < -0.4 is 5.32 Å². The Bertz CT molecular complexity index is 427. The molecule has 0 spiro atoms. The summed E-state index contributed by atoms with van der Waals surface area (Å²) >= 11 is 0. The highest BCUT2D eigenvalue weighted by atomic mass is 16.5. The molecule has 0 aromatic carbocycles. The Morgan fingerprint density at radius 2 is 1.65 bits per heavy atom. The van der Waals surface area contributed by atoms with Crippen molar-refractivity contribution in [3.05, 3.63) is 0 Å². The monoisotopic (exact) mass is 278 g/mol. The van der Waals surface area contributed by atoms with Crippen molar-refractivity contribution in [1.82, 2.24) is 10.2 Å². The third-order valence-electron chi connectivity index (χ3n) is 5.90. The van der Waals surface area contributed by atoms with Crippen molar-refractivity contribution in [2.24, 2.45) is 17.8 Å². The maximum atomic E-state index is 12.6. The highest BCUT2D eigenvalue weighted by Gasteiger charge is 2.57. The van der Waals surface area contributed by atoms with E-state index in [9.17, 15) is 9.59 Å². The number of urea groups is 1. The summed E-state index contributed by atoms with van der Waals surface area (Å²) in [6.45, 7) is 0.303. The van der Waals surface area contributed by atoms with Gasteiger partial charge in [0.05, 0.1) is 12.1 Å². The second kappa shape index (κ2) is 4.20. The number of hydrogen-bond donors (Lipinski definition) is 1. The van der Waals surface area contributed by atoms with Crippen LogP contribution in [0.1, 0.15) is 38.5 Å². The first-order chi connectivity index (χ1) is 9.61. The predicted octanol–water partition coefficient (Wildman–Crippen LogP) is 1.52. The zero-order valence-corrected chi connectivity index (χ0v) is 11.9. The summed E-state index contributed by atoms with van der Waals surface area (Å²) in [5, 5.41) is 2.83. The SMILES string of the molecule is COC1CNC(=O)N(C23CC4CC(CC(C4)C2)C3)C1=O. The van der Waals surface area contributed by atoms with E-state index in [1.165, 1.54) is 26.4 Å². The molecule has 1 heterocycles. The van der Waals surface area contributed by atoms with E-state index in [1.807, 2.05) is 0 Å². The van der Waals surface area contributed by atoms with Crippen LogP contribution in [0.5, 0.6) is 0 Å². The topological polar surface area (TPSA) is 58.6 Å². The fourth-order valence-electron chi connectivity index (χ4n) is 5.56. The standard InChI is InChI=1S/C15H22N2O3/c1-20-12-8-16-14(19)17(13(12)18)15-5-9-2-10(6-15)4-11(3-9)7-15/h9-12H,2-8H2,1H3,(H,16,19). The van der Waals surface area contributed by atoms with Gasteiger partial charge in [-0.3, -0.25) is 9.69 Å². The van der Waals surface area contributed by atoms with Crippen LogP contribution in [0.3, 0.4) is 0 Å². The molecule has 5 heteroatoms. The third-order valence-corrected chi connectivity index (χ3v) is 5.90. The van der Waals surface area contributed by atoms with Crippen LogP contribution in [0.4, 0.5) is 4.79 Å². The second-order valence-electron chi connectivity index (χ2n) is 7.23. The van der Waals surface area contributed by atoms with E-state index < -0.39 is 6.10 Å². The minimum atomic E-state index is -0.513. The van der Waals surface area contributed by atoms with Gasteiger partial charge in [-0.25, -0.2) is 4.79 Å². The molecule has 1 N–H and O–H groups in total. The molecule has 1 saturated heterocycles. The number of methoxy groups -OCH3 is 1. The zero-order valence-electron chi connectivity index (χ0n) is 11.9. The molecule has 4 aliphatic carbocycles. The van der Waals surface area contributed by atoms with E-state index in [0.29, 0.717) is 24.3 Å². The molecule has 4 bridgehead atoms. The first-order valence-corrected chi connectivity index (χ1v) is 7.76. The minimum absolute atomic E-state index is 0.127. The average molecular weight is 278 g/mol. The number of nitrogens with one attached hydrogen (secondary N) is 1. The fourth-order valence-corrected chi connectivity index (χ4v) is 5.56. The summed E-state index contributed by atoms with van der Waals surface area (Å²) in [5.74, 6) is 2.01. The van der Waals surface area contributed by atoms with Crippen LogP contribution in [-0.2, 0) is 9.53 Å². The Balaban J connectivity index is 1.68. The molecular weight excluding hydrogens is 256 g/mol. The van der Waals surface area contributed by atoms with Gasteiger partial charge in [-0.05, 0) is 56.3 Å². The quantitative estimate of drug-likeness (QED) is 0.833. The molecule has 5 nitrogen and oxygen atoms in total. The Morgan fingerprint density at radius 1 is 1.10 bits per heavy atom. The molecule has 4 saturated carbocycles. The van der Waals surface area contributed by atoms with Crippen molar-refractivity contribution in [3.8, 4) is 0 Å². The van der Waals surface area contributed by atoms with Crippen LogP contribution in [0.2, 0.25) is 0 Å². The predicted molar refractivity (Wildman–Crippen MR) is 71.9 cm³/mol. The van der Waals surface area contributed by atoms with Gasteiger partial charge in [-0.2, -0.15) is 0 Å². The molecule has 5 aliphatic rings. The van der Waals surface area contributed by atoms with Gasteiger partial charge < -0.3 is 10.1 Å². The van der Waals surface area contributed by atoms with Crippen molar-refractivity contribution < 1.29 is 14.3 Å². The van der Waals surface area contributed by atoms with Gasteiger partial charge in [-0.15, -0.1) is 0 Å². The van der Waals surface area contributed by atoms with Gasteiger partial charge in [-0.1, -0.05) is 0 Å². The number of ether oxygens (including phenoxy) is 1. The second-order valence-corrected chi connectivity index (χ2v) is 7.23. The van der Waals surface area contributed by atoms with Crippen LogP contribution in [0.25, 0.3) is 0 Å². The van der Waals surface area contributed by atoms with Crippen molar-refractivity contribution in [1.29, 1.82) is 0 Å². The molecule has 0 aromatic rings. The summed E-state index contributed by atoms with van der Waals surface area (Å²) in [4.78, 5) is 26.5. The van der Waals surface area contributed by atoms with Crippen molar-refractivity contribution >= 4 is 11.9 Å². The van der Waals surface area contributed by atoms with Crippen LogP contribution in [0.15, 0.2) is 0 Å². The molecular formula is C15H22N2O3. The molecule has 5 rings (SSSR count). The Kier molecular flexibility index (Phi) is 2.65. The molecule has 1 aliphatic heterocycles. The van der Waals surface area contributed by atoms with Gasteiger partial charge in [0, 0.05) is 7.11 Å². The zero-order chi connectivity index (χ0) is 13.9. The summed E-state index contributed by atoms with van der Waals surface area (Å²) in [6.07, 6.45) is 6.42. The lowest BCUT2D eigenvalue weighted by molar-refractivity contribution is -0.156. The van der Waals surface area contributed by atoms with E-state index in [2.05, 4.69) is 5.32 Å². The Labute approximate surface area is 119 Å². The van der Waals surface area contributed by atoms with Crippen molar-refractivity contribution in [3.63, 3.8) is 0 Å². The van der Waals surface area contributed by atoms with E-state index >= 15 is 0 Å². The number of rotatable bonds is 2. The third kappa shape index (κ3) is 1.65. The number of amides is 3. The first kappa shape index (κ1) is 12.6. The highest BCUT2D eigenvalue weighted by molar-refractivity contribution is 6.00. The lowest BCUT2D eigenvalue weighted by Gasteiger charge is -2.60. The molecule has 1 atom stereocenters. The summed E-state index contributed by atoms with van der Waals surface area (Å²) in [6, 6.07) is -0.203. The first-order valence-electron chi connectivity index (χ1n) is 7.76. The molecule has 3 amide bonds. The molecule has 1 unspecified atom stereocenters. The van der Waals surface area contributed by atoms with E-state index in [-0.39, 0.29) is 17.5 Å². The smallest absolute Gasteiger partial charge is 0.324 e. The average Bonchev–Trinajstić information content (AvgIpc) is 2.37. The Morgan fingerprint density at radius 3 is 2.15 bits per heavy atom. The summed E-state index contributed by atoms with van der Waals surface area (Å²) < 4.78 is 5.24. The van der Waals surface area contributed by atoms with Crippen molar-refractivity contribution in [2.45, 2.75) is 50.2 Å². The Hall–Kier alpha value is -1.10. The molecule has 5 fully saturated rings. The van der Waals surface area contributed by atoms with Crippen LogP contribution in [0, 0.1) is 17.8 Å². The van der Waals surface area contributed by atoms with Gasteiger partial charge in [0.2, 0.25) is 0 Å². The lowest BCUT2D eigenvalue weighted by Crippen LogP contribution is -2.69.